The summed E-state index contributed by atoms with van der Waals surface area (Å²) in [6.07, 6.45) is 0. The van der Waals surface area contributed by atoms with Gasteiger partial charge in [0.2, 0.25) is 0 Å². The van der Waals surface area contributed by atoms with Crippen molar-refractivity contribution in [2.24, 2.45) is 0 Å². The van der Waals surface area contributed by atoms with Gasteiger partial charge in [0.15, 0.2) is 0 Å². The first-order valence-electron chi connectivity index (χ1n) is 3.94. The maximum absolute atomic E-state index is 5.12. The molecule has 1 heterocycles. The minimum atomic E-state index is 0.877. The molecule has 1 aliphatic rings. The van der Waals surface area contributed by atoms with Crippen LogP contribution >= 0.6 is 0 Å². The minimum absolute atomic E-state index is 0.877. The van der Waals surface area contributed by atoms with Crippen molar-refractivity contribution in [3.05, 3.63) is 18.2 Å². The van der Waals surface area contributed by atoms with Gasteiger partial charge in [0.25, 0.3) is 0 Å². The first-order valence-corrected chi connectivity index (χ1v) is 3.94. The van der Waals surface area contributed by atoms with Gasteiger partial charge in [-0.15, -0.1) is 0 Å². The van der Waals surface area contributed by atoms with Crippen molar-refractivity contribution in [1.29, 1.82) is 0 Å². The SMILES string of the molecule is COc1ccc2c(c1)NCN2C. The highest BCUT2D eigenvalue weighted by Crippen LogP contribution is 2.32. The fourth-order valence-corrected chi connectivity index (χ4v) is 1.41. The lowest BCUT2D eigenvalue weighted by Gasteiger charge is -2.09. The molecule has 1 aromatic carbocycles. The first kappa shape index (κ1) is 7.28. The van der Waals surface area contributed by atoms with Crippen molar-refractivity contribution >= 4 is 11.4 Å². The molecule has 0 spiro atoms. The first-order chi connectivity index (χ1) is 5.81. The predicted octanol–water partition coefficient (Wildman–Crippen LogP) is 1.51. The third kappa shape index (κ3) is 0.978. The Kier molecular flexibility index (Phi) is 1.57. The zero-order valence-electron chi connectivity index (χ0n) is 7.29. The molecule has 0 bridgehead atoms. The van der Waals surface area contributed by atoms with Crippen LogP contribution in [0.4, 0.5) is 11.4 Å². The lowest BCUT2D eigenvalue weighted by Crippen LogP contribution is -2.15. The minimum Gasteiger partial charge on any atom is -0.497 e. The highest BCUT2D eigenvalue weighted by molar-refractivity contribution is 5.75. The van der Waals surface area contributed by atoms with Crippen molar-refractivity contribution in [3.8, 4) is 5.75 Å². The number of rotatable bonds is 1. The van der Waals surface area contributed by atoms with E-state index in [0.717, 1.165) is 18.1 Å². The lowest BCUT2D eigenvalue weighted by molar-refractivity contribution is 0.415. The normalized spacial score (nSPS) is 14.0. The Morgan fingerprint density at radius 3 is 3.08 bits per heavy atom. The maximum Gasteiger partial charge on any atom is 0.121 e. The number of hydrogen-bond donors (Lipinski definition) is 1. The number of anilines is 2. The quantitative estimate of drug-likeness (QED) is 0.681. The van der Waals surface area contributed by atoms with Gasteiger partial charge >= 0.3 is 0 Å². The summed E-state index contributed by atoms with van der Waals surface area (Å²) in [6, 6.07) is 6.05. The molecule has 12 heavy (non-hydrogen) atoms. The molecule has 0 aliphatic carbocycles. The summed E-state index contributed by atoms with van der Waals surface area (Å²) >= 11 is 0. The van der Waals surface area contributed by atoms with E-state index in [1.165, 1.54) is 5.69 Å². The molecule has 1 N–H and O–H groups in total. The summed E-state index contributed by atoms with van der Waals surface area (Å²) in [5.74, 6) is 0.900. The summed E-state index contributed by atoms with van der Waals surface area (Å²) in [4.78, 5) is 2.16. The third-order valence-electron chi connectivity index (χ3n) is 2.12. The average Bonchev–Trinajstić information content (AvgIpc) is 2.47. The summed E-state index contributed by atoms with van der Waals surface area (Å²) < 4.78 is 5.12. The van der Waals surface area contributed by atoms with Crippen molar-refractivity contribution in [3.63, 3.8) is 0 Å². The van der Waals surface area contributed by atoms with Gasteiger partial charge < -0.3 is 15.0 Å². The Morgan fingerprint density at radius 1 is 1.50 bits per heavy atom. The van der Waals surface area contributed by atoms with Gasteiger partial charge in [-0.2, -0.15) is 0 Å². The number of benzene rings is 1. The van der Waals surface area contributed by atoms with Crippen LogP contribution in [0, 0.1) is 0 Å². The number of fused-ring (bicyclic) bond motifs is 1. The van der Waals surface area contributed by atoms with E-state index in [9.17, 15) is 0 Å². The third-order valence-corrected chi connectivity index (χ3v) is 2.12. The zero-order chi connectivity index (χ0) is 8.55. The molecule has 0 atom stereocenters. The molecule has 3 nitrogen and oxygen atoms in total. The van der Waals surface area contributed by atoms with Crippen LogP contribution in [-0.4, -0.2) is 20.8 Å². The second kappa shape index (κ2) is 2.59. The van der Waals surface area contributed by atoms with Crippen LogP contribution in [0.1, 0.15) is 0 Å². The standard InChI is InChI=1S/C9H12N2O/c1-11-6-10-8-5-7(12-2)3-4-9(8)11/h3-5,10H,6H2,1-2H3. The fraction of sp³-hybridized carbons (Fsp3) is 0.333. The molecule has 0 amide bonds. The number of methoxy groups -OCH3 is 1. The van der Waals surface area contributed by atoms with E-state index in [-0.39, 0.29) is 0 Å². The van der Waals surface area contributed by atoms with E-state index in [2.05, 4.69) is 23.3 Å². The summed E-state index contributed by atoms with van der Waals surface area (Å²) in [6.45, 7) is 0.877. The number of nitrogens with zero attached hydrogens (tertiary/aromatic N) is 1. The van der Waals surface area contributed by atoms with Gasteiger partial charge in [-0.25, -0.2) is 0 Å². The van der Waals surface area contributed by atoms with Crippen LogP contribution in [-0.2, 0) is 0 Å². The smallest absolute Gasteiger partial charge is 0.121 e. The highest BCUT2D eigenvalue weighted by Gasteiger charge is 2.14. The Labute approximate surface area is 71.9 Å². The molecule has 64 valence electrons. The molecular weight excluding hydrogens is 152 g/mol. The number of ether oxygens (including phenoxy) is 1. The monoisotopic (exact) mass is 164 g/mol. The van der Waals surface area contributed by atoms with E-state index < -0.39 is 0 Å². The molecule has 0 saturated carbocycles. The predicted molar refractivity (Wildman–Crippen MR) is 49.9 cm³/mol. The van der Waals surface area contributed by atoms with Crippen molar-refractivity contribution in [2.45, 2.75) is 0 Å². The van der Waals surface area contributed by atoms with Gasteiger partial charge in [-0.05, 0) is 12.1 Å². The van der Waals surface area contributed by atoms with E-state index in [4.69, 9.17) is 4.74 Å². The summed E-state index contributed by atoms with van der Waals surface area (Å²) in [5.41, 5.74) is 2.38. The molecule has 2 rings (SSSR count). The molecule has 0 saturated heterocycles. The fourth-order valence-electron chi connectivity index (χ4n) is 1.41. The summed E-state index contributed by atoms with van der Waals surface area (Å²) in [7, 11) is 3.74. The van der Waals surface area contributed by atoms with Crippen LogP contribution < -0.4 is 15.0 Å². The van der Waals surface area contributed by atoms with Crippen molar-refractivity contribution < 1.29 is 4.74 Å². The molecule has 0 aromatic heterocycles. The second-order valence-electron chi connectivity index (χ2n) is 2.92. The number of nitrogens with one attached hydrogen (secondary N) is 1. The van der Waals surface area contributed by atoms with Gasteiger partial charge in [-0.1, -0.05) is 0 Å². The van der Waals surface area contributed by atoms with Crippen molar-refractivity contribution in [2.75, 3.05) is 31.0 Å². The molecule has 1 aromatic rings. The van der Waals surface area contributed by atoms with Crippen molar-refractivity contribution in [1.82, 2.24) is 0 Å². The average molecular weight is 164 g/mol. The highest BCUT2D eigenvalue weighted by atomic mass is 16.5. The Balaban J connectivity index is 2.41. The zero-order valence-corrected chi connectivity index (χ0v) is 7.29. The van der Waals surface area contributed by atoms with E-state index >= 15 is 0 Å². The van der Waals surface area contributed by atoms with Crippen LogP contribution in [0.3, 0.4) is 0 Å². The van der Waals surface area contributed by atoms with Gasteiger partial charge in [0.05, 0.1) is 25.2 Å². The maximum atomic E-state index is 5.12. The summed E-state index contributed by atoms with van der Waals surface area (Å²) in [5, 5.41) is 3.27. The van der Waals surface area contributed by atoms with E-state index in [0.29, 0.717) is 0 Å². The van der Waals surface area contributed by atoms with E-state index in [1.54, 1.807) is 7.11 Å². The molecule has 0 radical (unpaired) electrons. The van der Waals surface area contributed by atoms with Crippen LogP contribution in [0.25, 0.3) is 0 Å². The van der Waals surface area contributed by atoms with Gasteiger partial charge in [0.1, 0.15) is 5.75 Å². The Morgan fingerprint density at radius 2 is 2.33 bits per heavy atom. The van der Waals surface area contributed by atoms with E-state index in [1.807, 2.05) is 12.1 Å². The molecule has 1 aliphatic heterocycles. The van der Waals surface area contributed by atoms with Crippen LogP contribution in [0.2, 0.25) is 0 Å². The molecular formula is C9H12N2O. The molecule has 3 heteroatoms. The molecule has 0 fully saturated rings. The largest absolute Gasteiger partial charge is 0.497 e. The van der Waals surface area contributed by atoms with Crippen LogP contribution in [0.5, 0.6) is 5.75 Å². The Bertz CT molecular complexity index is 299. The Hall–Kier alpha value is -1.38. The van der Waals surface area contributed by atoms with Crippen LogP contribution in [0.15, 0.2) is 18.2 Å². The molecule has 0 unspecified atom stereocenters. The van der Waals surface area contributed by atoms with Gasteiger partial charge in [-0.3, -0.25) is 0 Å². The van der Waals surface area contributed by atoms with Gasteiger partial charge in [0, 0.05) is 13.1 Å². The lowest BCUT2D eigenvalue weighted by atomic mass is 10.2. The topological polar surface area (TPSA) is 24.5 Å². The number of hydrogen-bond acceptors (Lipinski definition) is 3. The second-order valence-corrected chi connectivity index (χ2v) is 2.92.